The van der Waals surface area contributed by atoms with Gasteiger partial charge in [0, 0.05) is 13.0 Å². The Morgan fingerprint density at radius 1 is 1.45 bits per heavy atom. The Kier molecular flexibility index (Phi) is 7.06. The Hall–Kier alpha value is -1.03. The van der Waals surface area contributed by atoms with Crippen LogP contribution in [-0.2, 0) is 11.2 Å². The van der Waals surface area contributed by atoms with Crippen molar-refractivity contribution in [1.82, 2.24) is 5.32 Å². The highest BCUT2D eigenvalue weighted by Crippen LogP contribution is 2.40. The van der Waals surface area contributed by atoms with Crippen LogP contribution in [0.2, 0.25) is 0 Å². The molecule has 0 bridgehead atoms. The summed E-state index contributed by atoms with van der Waals surface area (Å²) in [6.45, 7) is 6.57. The molecule has 1 aromatic carbocycles. The number of nitrogens with one attached hydrogen (secondary N) is 1. The highest BCUT2D eigenvalue weighted by molar-refractivity contribution is 9.10. The summed E-state index contributed by atoms with van der Waals surface area (Å²) in [5.41, 5.74) is 2.55. The summed E-state index contributed by atoms with van der Waals surface area (Å²) in [5, 5.41) is 12.6. The second-order valence-electron chi connectivity index (χ2n) is 4.73. The van der Waals surface area contributed by atoms with Crippen LogP contribution in [0.3, 0.4) is 0 Å². The second kappa shape index (κ2) is 8.30. The number of aryl methyl sites for hydroxylation is 1. The summed E-state index contributed by atoms with van der Waals surface area (Å²) in [4.78, 5) is 11.2. The van der Waals surface area contributed by atoms with Crippen LogP contribution < -0.4 is 5.32 Å². The van der Waals surface area contributed by atoms with Crippen LogP contribution >= 0.6 is 15.9 Å². The number of hydrogen-bond donors (Lipinski definition) is 2. The first-order valence-corrected chi connectivity index (χ1v) is 8.19. The maximum Gasteiger partial charge on any atom is 0.219 e. The summed E-state index contributed by atoms with van der Waals surface area (Å²) in [7, 11) is 0. The molecule has 3 nitrogen and oxygen atoms in total. The molecule has 0 spiro atoms. The molecule has 1 aliphatic carbocycles. The number of amides is 1. The fourth-order valence-electron chi connectivity index (χ4n) is 2.51. The van der Waals surface area contributed by atoms with Gasteiger partial charge >= 0.3 is 0 Å². The van der Waals surface area contributed by atoms with Gasteiger partial charge in [0.15, 0.2) is 0 Å². The van der Waals surface area contributed by atoms with E-state index in [4.69, 9.17) is 0 Å². The van der Waals surface area contributed by atoms with E-state index < -0.39 is 0 Å². The molecule has 0 aliphatic heterocycles. The number of fused-ring (bicyclic) bond motifs is 1. The van der Waals surface area contributed by atoms with Crippen molar-refractivity contribution in [2.45, 2.75) is 52.4 Å². The van der Waals surface area contributed by atoms with Crippen molar-refractivity contribution in [2.75, 3.05) is 6.54 Å². The first-order chi connectivity index (χ1) is 9.61. The van der Waals surface area contributed by atoms with E-state index in [2.05, 4.69) is 21.2 Å². The van der Waals surface area contributed by atoms with Crippen molar-refractivity contribution in [1.29, 1.82) is 0 Å². The molecule has 1 aromatic rings. The zero-order chi connectivity index (χ0) is 15.1. The highest BCUT2D eigenvalue weighted by atomic mass is 79.9. The van der Waals surface area contributed by atoms with Gasteiger partial charge in [-0.3, -0.25) is 4.79 Å². The van der Waals surface area contributed by atoms with E-state index in [-0.39, 0.29) is 5.91 Å². The van der Waals surface area contributed by atoms with Crippen molar-refractivity contribution in [3.63, 3.8) is 0 Å². The number of phenols is 1. The molecule has 2 rings (SSSR count). The van der Waals surface area contributed by atoms with Crippen molar-refractivity contribution in [2.24, 2.45) is 0 Å². The number of phenolic OH excluding ortho intramolecular Hbond substituents is 1. The minimum absolute atomic E-state index is 0.104. The average molecular weight is 342 g/mol. The summed E-state index contributed by atoms with van der Waals surface area (Å²) in [5.74, 6) is 0.862. The van der Waals surface area contributed by atoms with Gasteiger partial charge in [0.2, 0.25) is 5.91 Å². The number of aromatic hydroxyl groups is 1. The van der Waals surface area contributed by atoms with Gasteiger partial charge in [-0.15, -0.1) is 0 Å². The number of carbonyl (C=O) groups is 1. The fraction of sp³-hybridized carbons (Fsp3) is 0.562. The van der Waals surface area contributed by atoms with Crippen LogP contribution in [0.1, 0.15) is 57.1 Å². The third-order valence-corrected chi connectivity index (χ3v) is 4.18. The van der Waals surface area contributed by atoms with E-state index in [0.29, 0.717) is 24.6 Å². The first kappa shape index (κ1) is 17.0. The number of carbonyl (C=O) groups excluding carboxylic acids is 1. The number of rotatable bonds is 4. The van der Waals surface area contributed by atoms with Crippen LogP contribution in [0.25, 0.3) is 0 Å². The van der Waals surface area contributed by atoms with E-state index in [1.54, 1.807) is 0 Å². The Morgan fingerprint density at radius 2 is 2.15 bits per heavy atom. The van der Waals surface area contributed by atoms with E-state index in [1.807, 2.05) is 32.9 Å². The first-order valence-electron chi connectivity index (χ1n) is 7.39. The van der Waals surface area contributed by atoms with Crippen molar-refractivity contribution in [3.8, 4) is 5.75 Å². The predicted octanol–water partition coefficient (Wildman–Crippen LogP) is 4.13. The van der Waals surface area contributed by atoms with E-state index >= 15 is 0 Å². The Labute approximate surface area is 129 Å². The molecule has 1 amide bonds. The Balaban J connectivity index is 0.000000956. The molecule has 20 heavy (non-hydrogen) atoms. The third-order valence-electron chi connectivity index (χ3n) is 3.55. The largest absolute Gasteiger partial charge is 0.507 e. The lowest BCUT2D eigenvalue weighted by Crippen LogP contribution is -2.24. The summed E-state index contributed by atoms with van der Waals surface area (Å²) >= 11 is 3.34. The van der Waals surface area contributed by atoms with Crippen molar-refractivity contribution >= 4 is 21.8 Å². The smallest absolute Gasteiger partial charge is 0.219 e. The summed E-state index contributed by atoms with van der Waals surface area (Å²) in [6.07, 6.45) is 3.64. The van der Waals surface area contributed by atoms with Gasteiger partial charge < -0.3 is 10.4 Å². The van der Waals surface area contributed by atoms with Gasteiger partial charge in [-0.05, 0) is 64.4 Å². The average Bonchev–Trinajstić information content (AvgIpc) is 2.84. The van der Waals surface area contributed by atoms with E-state index in [0.717, 1.165) is 23.7 Å². The SMILES string of the molecule is CC.CCC(=O)NCC[C@@H]1CCc2cc(Br)c(O)cc21. The maximum absolute atomic E-state index is 11.2. The predicted molar refractivity (Wildman–Crippen MR) is 86.1 cm³/mol. The van der Waals surface area contributed by atoms with Crippen LogP contribution in [0.4, 0.5) is 0 Å². The molecule has 0 aromatic heterocycles. The van der Waals surface area contributed by atoms with Crippen LogP contribution in [0.15, 0.2) is 16.6 Å². The minimum atomic E-state index is 0.104. The molecule has 0 heterocycles. The van der Waals surface area contributed by atoms with Crippen LogP contribution in [-0.4, -0.2) is 17.6 Å². The molecule has 0 unspecified atom stereocenters. The Bertz CT molecular complexity index is 460. The lowest BCUT2D eigenvalue weighted by Gasteiger charge is -2.12. The number of halogens is 1. The Morgan fingerprint density at radius 3 is 2.80 bits per heavy atom. The summed E-state index contributed by atoms with van der Waals surface area (Å²) < 4.78 is 0.765. The monoisotopic (exact) mass is 341 g/mol. The van der Waals surface area contributed by atoms with Gasteiger partial charge in [-0.1, -0.05) is 20.8 Å². The van der Waals surface area contributed by atoms with E-state index in [9.17, 15) is 9.90 Å². The van der Waals surface area contributed by atoms with Crippen LogP contribution in [0.5, 0.6) is 5.75 Å². The zero-order valence-electron chi connectivity index (χ0n) is 12.5. The molecule has 112 valence electrons. The normalized spacial score (nSPS) is 16.1. The molecule has 2 N–H and O–H groups in total. The topological polar surface area (TPSA) is 49.3 Å². The highest BCUT2D eigenvalue weighted by Gasteiger charge is 2.23. The molecule has 1 atom stereocenters. The zero-order valence-corrected chi connectivity index (χ0v) is 14.1. The lowest BCUT2D eigenvalue weighted by atomic mass is 9.97. The molecule has 0 fully saturated rings. The fourth-order valence-corrected chi connectivity index (χ4v) is 2.90. The number of hydrogen-bond acceptors (Lipinski definition) is 2. The lowest BCUT2D eigenvalue weighted by molar-refractivity contribution is -0.120. The van der Waals surface area contributed by atoms with Crippen molar-refractivity contribution < 1.29 is 9.90 Å². The molecule has 1 aliphatic rings. The molecule has 0 radical (unpaired) electrons. The molecule has 0 saturated heterocycles. The minimum Gasteiger partial charge on any atom is -0.507 e. The standard InChI is InChI=1S/C14H18BrNO2.C2H6/c1-2-14(18)16-6-5-9-3-4-10-7-12(15)13(17)8-11(9)10;1-2/h7-9,17H,2-6H2,1H3,(H,16,18);1-2H3/t9-;/m0./s1. The molecular formula is C16H24BrNO2. The number of benzene rings is 1. The van der Waals surface area contributed by atoms with Gasteiger partial charge in [-0.25, -0.2) is 0 Å². The molecule has 0 saturated carbocycles. The quantitative estimate of drug-likeness (QED) is 0.864. The van der Waals surface area contributed by atoms with Gasteiger partial charge in [-0.2, -0.15) is 0 Å². The van der Waals surface area contributed by atoms with Crippen LogP contribution in [0, 0.1) is 0 Å². The van der Waals surface area contributed by atoms with Crippen molar-refractivity contribution in [3.05, 3.63) is 27.7 Å². The molecular weight excluding hydrogens is 318 g/mol. The maximum atomic E-state index is 11.2. The third kappa shape index (κ3) is 4.23. The van der Waals surface area contributed by atoms with E-state index in [1.165, 1.54) is 11.1 Å². The molecule has 4 heteroatoms. The van der Waals surface area contributed by atoms with Gasteiger partial charge in [0.1, 0.15) is 5.75 Å². The summed E-state index contributed by atoms with van der Waals surface area (Å²) in [6, 6.07) is 3.87. The second-order valence-corrected chi connectivity index (χ2v) is 5.58. The van der Waals surface area contributed by atoms with Gasteiger partial charge in [0.05, 0.1) is 4.47 Å². The van der Waals surface area contributed by atoms with Gasteiger partial charge in [0.25, 0.3) is 0 Å².